The number of carbonyl (C=O) groups excluding carboxylic acids is 1. The minimum absolute atomic E-state index is 0.0452. The lowest BCUT2D eigenvalue weighted by Gasteiger charge is -2.33. The van der Waals surface area contributed by atoms with Gasteiger partial charge in [0, 0.05) is 12.2 Å². The zero-order valence-corrected chi connectivity index (χ0v) is 16.5. The second-order valence-corrected chi connectivity index (χ2v) is 8.00. The zero-order valence-electron chi connectivity index (χ0n) is 15.7. The van der Waals surface area contributed by atoms with Gasteiger partial charge in [-0.05, 0) is 31.8 Å². The molecule has 0 bridgehead atoms. The summed E-state index contributed by atoms with van der Waals surface area (Å²) in [5.74, 6) is -5.59. The molecule has 1 aromatic heterocycles. The number of hydrogen-bond donors (Lipinski definition) is 0. The molecular weight excluding hydrogens is 405 g/mol. The molecule has 0 spiro atoms. The molecule has 0 radical (unpaired) electrons. The topological polar surface area (TPSA) is 55.3 Å². The number of ether oxygens (including phenoxy) is 1. The average Bonchev–Trinajstić information content (AvgIpc) is 3.00. The maximum Gasteiger partial charge on any atom is 0.460 e. The van der Waals surface area contributed by atoms with Gasteiger partial charge in [0.05, 0.1) is 0 Å². The van der Waals surface area contributed by atoms with Crippen LogP contribution in [-0.4, -0.2) is 40.3 Å². The second-order valence-electron chi connectivity index (χ2n) is 7.06. The third-order valence-electron chi connectivity index (χ3n) is 3.96. The van der Waals surface area contributed by atoms with E-state index in [1.165, 1.54) is 4.90 Å². The van der Waals surface area contributed by atoms with Crippen LogP contribution < -0.4 is 4.74 Å². The third-order valence-corrected chi connectivity index (χ3v) is 4.87. The molecule has 1 amide bonds. The van der Waals surface area contributed by atoms with Gasteiger partial charge in [0.25, 0.3) is 11.1 Å². The smallest absolute Gasteiger partial charge is 0.459 e. The van der Waals surface area contributed by atoms with E-state index in [4.69, 9.17) is 4.74 Å². The van der Waals surface area contributed by atoms with E-state index in [9.17, 15) is 26.7 Å². The van der Waals surface area contributed by atoms with Crippen molar-refractivity contribution in [3.8, 4) is 5.19 Å². The van der Waals surface area contributed by atoms with Crippen LogP contribution in [0, 0.1) is 5.41 Å². The van der Waals surface area contributed by atoms with Gasteiger partial charge < -0.3 is 9.64 Å². The van der Waals surface area contributed by atoms with Crippen LogP contribution in [0.5, 0.6) is 5.19 Å². The van der Waals surface area contributed by atoms with Crippen LogP contribution in [-0.2, 0) is 10.7 Å². The fourth-order valence-electron chi connectivity index (χ4n) is 2.92. The van der Waals surface area contributed by atoms with Gasteiger partial charge in [-0.25, -0.2) is 0 Å². The van der Waals surface area contributed by atoms with Crippen molar-refractivity contribution in [3.63, 3.8) is 0 Å². The van der Waals surface area contributed by atoms with E-state index in [1.54, 1.807) is 6.92 Å². The number of nitrogens with zero attached hydrogens (tertiary/aromatic N) is 3. The lowest BCUT2D eigenvalue weighted by Crippen LogP contribution is -2.36. The quantitative estimate of drug-likeness (QED) is 0.621. The van der Waals surface area contributed by atoms with Crippen molar-refractivity contribution >= 4 is 17.2 Å². The first kappa shape index (κ1) is 22.3. The molecule has 0 N–H and O–H groups in total. The molecule has 0 atom stereocenters. The van der Waals surface area contributed by atoms with Crippen LogP contribution in [0.4, 0.5) is 22.0 Å². The fraction of sp³-hybridized carbons (Fsp3) is 0.588. The molecule has 0 unspecified atom stereocenters. The minimum atomic E-state index is -5.79. The molecule has 0 aromatic carbocycles. The Morgan fingerprint density at radius 2 is 1.93 bits per heavy atom. The molecule has 1 heterocycles. The summed E-state index contributed by atoms with van der Waals surface area (Å²) >= 11 is -0.0452. The number of likely N-dealkylation sites (N-methyl/N-ethyl adjacent to an activating group) is 1. The summed E-state index contributed by atoms with van der Waals surface area (Å²) < 4.78 is 68.6. The SMILES string of the molecule is CCN(C(=O)COc1nnc(C(F)(F)C(F)(F)F)s1)C1=CC(C)=CC(C)(C)C1. The molecule has 1 aromatic rings. The third kappa shape index (κ3) is 4.86. The average molecular weight is 425 g/mol. The number of aromatic nitrogens is 2. The molecule has 0 aliphatic heterocycles. The van der Waals surface area contributed by atoms with Crippen LogP contribution >= 0.6 is 11.3 Å². The maximum absolute atomic E-state index is 13.2. The predicted molar refractivity (Wildman–Crippen MR) is 93.0 cm³/mol. The summed E-state index contributed by atoms with van der Waals surface area (Å²) in [5, 5.41) is 3.95. The molecule has 0 saturated carbocycles. The molecular formula is C17H20F5N3O2S. The van der Waals surface area contributed by atoms with Gasteiger partial charge in [0.1, 0.15) is 0 Å². The molecule has 2 rings (SSSR count). The monoisotopic (exact) mass is 425 g/mol. The van der Waals surface area contributed by atoms with Crippen molar-refractivity contribution in [1.82, 2.24) is 15.1 Å². The Morgan fingerprint density at radius 1 is 1.29 bits per heavy atom. The molecule has 5 nitrogen and oxygen atoms in total. The Bertz CT molecular complexity index is 799. The summed E-state index contributed by atoms with van der Waals surface area (Å²) in [6.45, 7) is 7.54. The first-order valence-corrected chi connectivity index (χ1v) is 9.20. The van der Waals surface area contributed by atoms with Crippen LogP contribution in [0.15, 0.2) is 23.4 Å². The number of amides is 1. The number of halogens is 5. The highest BCUT2D eigenvalue weighted by atomic mass is 32.1. The van der Waals surface area contributed by atoms with E-state index in [2.05, 4.69) is 16.3 Å². The Labute approximate surface area is 162 Å². The van der Waals surface area contributed by atoms with Gasteiger partial charge >= 0.3 is 12.1 Å². The predicted octanol–water partition coefficient (Wildman–Crippen LogP) is 4.68. The zero-order chi connectivity index (χ0) is 21.3. The molecule has 11 heteroatoms. The van der Waals surface area contributed by atoms with Gasteiger partial charge in [0.15, 0.2) is 11.6 Å². The highest BCUT2D eigenvalue weighted by Crippen LogP contribution is 2.45. The van der Waals surface area contributed by atoms with Gasteiger partial charge in [-0.15, -0.1) is 5.10 Å². The van der Waals surface area contributed by atoms with Crippen LogP contribution in [0.25, 0.3) is 0 Å². The number of allylic oxidation sites excluding steroid dienone is 4. The van der Waals surface area contributed by atoms with Crippen molar-refractivity contribution in [3.05, 3.63) is 28.4 Å². The van der Waals surface area contributed by atoms with Gasteiger partial charge in [-0.1, -0.05) is 41.9 Å². The summed E-state index contributed by atoms with van der Waals surface area (Å²) in [4.78, 5) is 14.0. The Hall–Kier alpha value is -2.04. The maximum atomic E-state index is 13.2. The van der Waals surface area contributed by atoms with Crippen molar-refractivity contribution in [2.24, 2.45) is 5.41 Å². The van der Waals surface area contributed by atoms with Crippen molar-refractivity contribution in [2.45, 2.75) is 46.2 Å². The van der Waals surface area contributed by atoms with Gasteiger partial charge in [0.2, 0.25) is 0 Å². The van der Waals surface area contributed by atoms with E-state index in [0.717, 1.165) is 11.3 Å². The van der Waals surface area contributed by atoms with E-state index in [1.807, 2.05) is 26.8 Å². The van der Waals surface area contributed by atoms with Crippen LogP contribution in [0.1, 0.15) is 39.1 Å². The molecule has 28 heavy (non-hydrogen) atoms. The van der Waals surface area contributed by atoms with Crippen LogP contribution in [0.3, 0.4) is 0 Å². The normalized spacial score (nSPS) is 17.0. The highest BCUT2D eigenvalue weighted by Gasteiger charge is 2.61. The molecule has 0 saturated heterocycles. The van der Waals surface area contributed by atoms with Gasteiger partial charge in [-0.2, -0.15) is 22.0 Å². The van der Waals surface area contributed by atoms with E-state index >= 15 is 0 Å². The highest BCUT2D eigenvalue weighted by molar-refractivity contribution is 7.13. The summed E-state index contributed by atoms with van der Waals surface area (Å²) in [5.41, 5.74) is 1.64. The molecule has 1 aliphatic rings. The first-order chi connectivity index (χ1) is 12.8. The van der Waals surface area contributed by atoms with E-state index in [0.29, 0.717) is 13.0 Å². The Morgan fingerprint density at radius 3 is 2.46 bits per heavy atom. The lowest BCUT2D eigenvalue weighted by molar-refractivity contribution is -0.289. The minimum Gasteiger partial charge on any atom is -0.459 e. The van der Waals surface area contributed by atoms with Crippen LogP contribution in [0.2, 0.25) is 0 Å². The second kappa shape index (κ2) is 7.76. The summed E-state index contributed by atoms with van der Waals surface area (Å²) in [7, 11) is 0. The van der Waals surface area contributed by atoms with Gasteiger partial charge in [-0.3, -0.25) is 4.79 Å². The van der Waals surface area contributed by atoms with Crippen molar-refractivity contribution in [2.75, 3.05) is 13.2 Å². The Balaban J connectivity index is 2.07. The van der Waals surface area contributed by atoms with E-state index < -0.39 is 34.8 Å². The molecule has 1 aliphatic carbocycles. The van der Waals surface area contributed by atoms with Crippen molar-refractivity contribution in [1.29, 1.82) is 0 Å². The Kier molecular flexibility index (Phi) is 6.17. The standard InChI is InChI=1S/C17H20F5N3O2S/c1-5-25(11-6-10(2)7-15(3,4)8-11)12(26)9-27-14-24-23-13(28-14)16(18,19)17(20,21)22/h6-7H,5,8-9H2,1-4H3. The number of rotatable bonds is 6. The number of alkyl halides is 5. The number of carbonyl (C=O) groups is 1. The molecule has 156 valence electrons. The fourth-order valence-corrected chi connectivity index (χ4v) is 3.61. The lowest BCUT2D eigenvalue weighted by atomic mass is 9.81. The van der Waals surface area contributed by atoms with E-state index in [-0.39, 0.29) is 16.8 Å². The summed E-state index contributed by atoms with van der Waals surface area (Å²) in [6, 6.07) is 0. The number of hydrogen-bond acceptors (Lipinski definition) is 5. The molecule has 0 fully saturated rings. The largest absolute Gasteiger partial charge is 0.460 e. The van der Waals surface area contributed by atoms with Crippen molar-refractivity contribution < 1.29 is 31.5 Å². The summed E-state index contributed by atoms with van der Waals surface area (Å²) in [6.07, 6.45) is -1.20. The first-order valence-electron chi connectivity index (χ1n) is 8.38.